The molecule has 118 valence electrons. The highest BCUT2D eigenvalue weighted by Crippen LogP contribution is 2.18. The van der Waals surface area contributed by atoms with Gasteiger partial charge in [0.1, 0.15) is 12.0 Å². The number of hydrogen-bond acceptors (Lipinski definition) is 4. The first-order chi connectivity index (χ1) is 10.5. The first-order valence-corrected chi connectivity index (χ1v) is 7.30. The molecular weight excluding hydrogens is 278 g/mol. The van der Waals surface area contributed by atoms with Gasteiger partial charge in [-0.05, 0) is 32.6 Å². The molecule has 1 heterocycles. The maximum atomic E-state index is 12.2. The third kappa shape index (κ3) is 3.96. The second kappa shape index (κ2) is 7.24. The van der Waals surface area contributed by atoms with Crippen LogP contribution in [0, 0.1) is 6.92 Å². The molecule has 0 fully saturated rings. The minimum absolute atomic E-state index is 0.116. The van der Waals surface area contributed by atoms with Crippen molar-refractivity contribution in [3.05, 3.63) is 59.0 Å². The Morgan fingerprint density at radius 1 is 1.32 bits per heavy atom. The molecule has 0 aliphatic rings. The van der Waals surface area contributed by atoms with Gasteiger partial charge >= 0.3 is 0 Å². The second-order valence-electron chi connectivity index (χ2n) is 5.61. The van der Waals surface area contributed by atoms with E-state index in [9.17, 15) is 4.79 Å². The average molecular weight is 301 g/mol. The number of nitrogens with one attached hydrogen (secondary N) is 1. The van der Waals surface area contributed by atoms with E-state index >= 15 is 0 Å². The summed E-state index contributed by atoms with van der Waals surface area (Å²) in [5.41, 5.74) is 8.38. The molecule has 0 radical (unpaired) electrons. The summed E-state index contributed by atoms with van der Waals surface area (Å²) >= 11 is 0. The van der Waals surface area contributed by atoms with Gasteiger partial charge in [0, 0.05) is 6.54 Å². The van der Waals surface area contributed by atoms with Gasteiger partial charge in [-0.2, -0.15) is 0 Å². The molecule has 1 amide bonds. The fourth-order valence-corrected chi connectivity index (χ4v) is 2.29. The van der Waals surface area contributed by atoms with Crippen molar-refractivity contribution in [2.24, 2.45) is 5.73 Å². The van der Waals surface area contributed by atoms with Gasteiger partial charge in [0.05, 0.1) is 18.2 Å². The third-order valence-electron chi connectivity index (χ3n) is 3.66. The van der Waals surface area contributed by atoms with Crippen LogP contribution in [0.25, 0.3) is 0 Å². The van der Waals surface area contributed by atoms with Crippen LogP contribution >= 0.6 is 0 Å². The van der Waals surface area contributed by atoms with Crippen LogP contribution in [-0.2, 0) is 6.54 Å². The molecule has 1 aromatic carbocycles. The Bertz CT molecular complexity index is 617. The molecule has 0 spiro atoms. The predicted octanol–water partition coefficient (Wildman–Crippen LogP) is 2.08. The molecule has 3 N–H and O–H groups in total. The molecule has 22 heavy (non-hydrogen) atoms. The van der Waals surface area contributed by atoms with Crippen molar-refractivity contribution in [2.45, 2.75) is 19.5 Å². The van der Waals surface area contributed by atoms with Crippen LogP contribution in [0.3, 0.4) is 0 Å². The lowest BCUT2D eigenvalue weighted by Crippen LogP contribution is -2.34. The van der Waals surface area contributed by atoms with E-state index in [-0.39, 0.29) is 18.5 Å². The average Bonchev–Trinajstić information content (AvgIpc) is 2.98. The first kappa shape index (κ1) is 16.3. The number of amides is 1. The van der Waals surface area contributed by atoms with Crippen LogP contribution in [0.1, 0.15) is 33.3 Å². The number of benzene rings is 1. The Kier molecular flexibility index (Phi) is 5.35. The van der Waals surface area contributed by atoms with Gasteiger partial charge in [-0.15, -0.1) is 0 Å². The van der Waals surface area contributed by atoms with Crippen molar-refractivity contribution in [1.82, 2.24) is 10.2 Å². The van der Waals surface area contributed by atoms with E-state index in [0.717, 1.165) is 0 Å². The van der Waals surface area contributed by atoms with Crippen LogP contribution in [0.4, 0.5) is 0 Å². The lowest BCUT2D eigenvalue weighted by atomic mass is 10.0. The van der Waals surface area contributed by atoms with E-state index in [4.69, 9.17) is 10.2 Å². The number of nitrogens with zero attached hydrogens (tertiary/aromatic N) is 1. The molecule has 1 atom stereocenters. The smallest absolute Gasteiger partial charge is 0.254 e. The van der Waals surface area contributed by atoms with E-state index in [2.05, 4.69) is 41.4 Å². The standard InChI is InChI=1S/C17H23N3O2/c1-12-4-6-13(7-5-12)16(20(2)3)10-19-17(21)14-8-15(9-18)22-11-14/h4-8,11,16H,9-10,18H2,1-3H3,(H,19,21). The molecular formula is C17H23N3O2. The van der Waals surface area contributed by atoms with Crippen molar-refractivity contribution in [3.63, 3.8) is 0 Å². The lowest BCUT2D eigenvalue weighted by molar-refractivity contribution is 0.0941. The summed E-state index contributed by atoms with van der Waals surface area (Å²) in [7, 11) is 4.00. The van der Waals surface area contributed by atoms with Crippen molar-refractivity contribution in [1.29, 1.82) is 0 Å². The maximum absolute atomic E-state index is 12.2. The maximum Gasteiger partial charge on any atom is 0.254 e. The summed E-state index contributed by atoms with van der Waals surface area (Å²) in [6.07, 6.45) is 1.44. The Labute approximate surface area is 131 Å². The van der Waals surface area contributed by atoms with Gasteiger partial charge in [-0.25, -0.2) is 0 Å². The fraction of sp³-hybridized carbons (Fsp3) is 0.353. The molecule has 1 unspecified atom stereocenters. The minimum atomic E-state index is -0.151. The highest BCUT2D eigenvalue weighted by molar-refractivity contribution is 5.94. The van der Waals surface area contributed by atoms with Crippen molar-refractivity contribution in [3.8, 4) is 0 Å². The predicted molar refractivity (Wildman–Crippen MR) is 86.5 cm³/mol. The zero-order valence-corrected chi connectivity index (χ0v) is 13.3. The van der Waals surface area contributed by atoms with Gasteiger partial charge in [-0.3, -0.25) is 4.79 Å². The molecule has 2 aromatic rings. The fourth-order valence-electron chi connectivity index (χ4n) is 2.29. The molecule has 2 rings (SSSR count). The van der Waals surface area contributed by atoms with Gasteiger partial charge in [0.2, 0.25) is 0 Å². The molecule has 5 heteroatoms. The molecule has 0 aliphatic carbocycles. The van der Waals surface area contributed by atoms with Crippen molar-refractivity contribution >= 4 is 5.91 Å². The normalized spacial score (nSPS) is 12.4. The summed E-state index contributed by atoms with van der Waals surface area (Å²) in [6, 6.07) is 10.1. The van der Waals surface area contributed by atoms with Crippen LogP contribution in [0.5, 0.6) is 0 Å². The minimum Gasteiger partial charge on any atom is -0.467 e. The molecule has 0 bridgehead atoms. The van der Waals surface area contributed by atoms with Gasteiger partial charge < -0.3 is 20.4 Å². The number of nitrogens with two attached hydrogens (primary N) is 1. The van der Waals surface area contributed by atoms with Crippen molar-refractivity contribution in [2.75, 3.05) is 20.6 Å². The topological polar surface area (TPSA) is 71.5 Å². The second-order valence-corrected chi connectivity index (χ2v) is 5.61. The molecule has 5 nitrogen and oxygen atoms in total. The van der Waals surface area contributed by atoms with E-state index in [1.54, 1.807) is 6.07 Å². The summed E-state index contributed by atoms with van der Waals surface area (Å²) < 4.78 is 5.19. The van der Waals surface area contributed by atoms with Gasteiger partial charge in [-0.1, -0.05) is 29.8 Å². The number of likely N-dealkylation sites (N-methyl/N-ethyl adjacent to an activating group) is 1. The SMILES string of the molecule is Cc1ccc(C(CNC(=O)c2coc(CN)c2)N(C)C)cc1. The number of carbonyl (C=O) groups excluding carboxylic acids is 1. The summed E-state index contributed by atoms with van der Waals surface area (Å²) in [5, 5.41) is 2.95. The molecule has 0 saturated carbocycles. The zero-order chi connectivity index (χ0) is 16.1. The molecule has 0 aliphatic heterocycles. The Morgan fingerprint density at radius 2 is 2.00 bits per heavy atom. The number of rotatable bonds is 6. The Balaban J connectivity index is 2.02. The lowest BCUT2D eigenvalue weighted by Gasteiger charge is -2.25. The van der Waals surface area contributed by atoms with Crippen LogP contribution in [0.15, 0.2) is 41.0 Å². The van der Waals surface area contributed by atoms with E-state index in [1.165, 1.54) is 17.4 Å². The first-order valence-electron chi connectivity index (χ1n) is 7.30. The highest BCUT2D eigenvalue weighted by Gasteiger charge is 2.16. The molecule has 1 aromatic heterocycles. The van der Waals surface area contributed by atoms with E-state index in [1.807, 2.05) is 14.1 Å². The largest absolute Gasteiger partial charge is 0.467 e. The monoisotopic (exact) mass is 301 g/mol. The van der Waals surface area contributed by atoms with Crippen LogP contribution in [-0.4, -0.2) is 31.4 Å². The number of hydrogen-bond donors (Lipinski definition) is 2. The third-order valence-corrected chi connectivity index (χ3v) is 3.66. The van der Waals surface area contributed by atoms with Crippen LogP contribution < -0.4 is 11.1 Å². The van der Waals surface area contributed by atoms with E-state index in [0.29, 0.717) is 17.9 Å². The highest BCUT2D eigenvalue weighted by atomic mass is 16.3. The summed E-state index contributed by atoms with van der Waals surface area (Å²) in [4.78, 5) is 14.2. The molecule has 0 saturated heterocycles. The number of furan rings is 1. The van der Waals surface area contributed by atoms with Crippen LogP contribution in [0.2, 0.25) is 0 Å². The Hall–Kier alpha value is -2.11. The quantitative estimate of drug-likeness (QED) is 0.857. The summed E-state index contributed by atoms with van der Waals surface area (Å²) in [5.74, 6) is 0.454. The summed E-state index contributed by atoms with van der Waals surface area (Å²) in [6.45, 7) is 2.87. The van der Waals surface area contributed by atoms with Gasteiger partial charge in [0.25, 0.3) is 5.91 Å². The number of aryl methyl sites for hydroxylation is 1. The van der Waals surface area contributed by atoms with Crippen molar-refractivity contribution < 1.29 is 9.21 Å². The Morgan fingerprint density at radius 3 is 2.55 bits per heavy atom. The zero-order valence-electron chi connectivity index (χ0n) is 13.3. The van der Waals surface area contributed by atoms with Gasteiger partial charge in [0.15, 0.2) is 0 Å². The van der Waals surface area contributed by atoms with E-state index < -0.39 is 0 Å². The number of carbonyl (C=O) groups is 1.